The van der Waals surface area contributed by atoms with Gasteiger partial charge in [0.1, 0.15) is 5.82 Å². The van der Waals surface area contributed by atoms with Gasteiger partial charge < -0.3 is 15.2 Å². The van der Waals surface area contributed by atoms with E-state index in [-0.39, 0.29) is 17.6 Å². The molecule has 5 nitrogen and oxygen atoms in total. The van der Waals surface area contributed by atoms with Crippen LogP contribution in [0.5, 0.6) is 0 Å². The third-order valence-corrected chi connectivity index (χ3v) is 5.37. The number of nitrogens with zero attached hydrogens (tertiary/aromatic N) is 2. The van der Waals surface area contributed by atoms with E-state index in [1.165, 1.54) is 12.1 Å². The van der Waals surface area contributed by atoms with Gasteiger partial charge in [-0.15, -0.1) is 0 Å². The number of H-pyrrole nitrogens is 1. The molecule has 0 aliphatic carbocycles. The molecule has 0 unspecified atom stereocenters. The van der Waals surface area contributed by atoms with Gasteiger partial charge in [-0.2, -0.15) is 0 Å². The molecule has 1 aliphatic rings. The molecule has 0 saturated carbocycles. The molecule has 0 spiro atoms. The number of piperidine rings is 1. The smallest absolute Gasteiger partial charge is 0.225 e. The van der Waals surface area contributed by atoms with Gasteiger partial charge in [0.05, 0.1) is 17.0 Å². The summed E-state index contributed by atoms with van der Waals surface area (Å²) in [5, 5.41) is 2.93. The van der Waals surface area contributed by atoms with Crippen LogP contribution in [0.4, 0.5) is 10.3 Å². The zero-order valence-corrected chi connectivity index (χ0v) is 16.3. The van der Waals surface area contributed by atoms with E-state index in [9.17, 15) is 9.18 Å². The van der Waals surface area contributed by atoms with Crippen molar-refractivity contribution in [2.24, 2.45) is 5.92 Å². The maximum atomic E-state index is 13.3. The summed E-state index contributed by atoms with van der Waals surface area (Å²) in [6, 6.07) is 12.2. The fraction of sp³-hybridized carbons (Fsp3) is 0.300. The van der Waals surface area contributed by atoms with Crippen LogP contribution in [0.3, 0.4) is 0 Å². The van der Waals surface area contributed by atoms with Crippen LogP contribution in [-0.2, 0) is 11.3 Å². The number of carbonyl (C=O) groups is 1. The van der Waals surface area contributed by atoms with Gasteiger partial charge in [-0.25, -0.2) is 9.37 Å². The van der Waals surface area contributed by atoms with E-state index < -0.39 is 0 Å². The summed E-state index contributed by atoms with van der Waals surface area (Å²) in [6.45, 7) is 1.83. The van der Waals surface area contributed by atoms with Crippen molar-refractivity contribution in [2.45, 2.75) is 19.4 Å². The van der Waals surface area contributed by atoms with Crippen molar-refractivity contribution < 1.29 is 9.18 Å². The molecule has 1 atom stereocenters. The van der Waals surface area contributed by atoms with Crippen molar-refractivity contribution in [3.63, 3.8) is 0 Å². The fourth-order valence-corrected chi connectivity index (χ4v) is 3.84. The lowest BCUT2D eigenvalue weighted by atomic mass is 9.97. The van der Waals surface area contributed by atoms with Crippen molar-refractivity contribution in [3.8, 4) is 0 Å². The quantitative estimate of drug-likeness (QED) is 0.657. The summed E-state index contributed by atoms with van der Waals surface area (Å²) in [5.74, 6) is 0.405. The number of benzene rings is 2. The van der Waals surface area contributed by atoms with Crippen LogP contribution in [0.2, 0.25) is 0 Å². The highest BCUT2D eigenvalue weighted by Gasteiger charge is 2.27. The predicted molar refractivity (Wildman–Crippen MR) is 107 cm³/mol. The number of fused-ring (bicyclic) bond motifs is 1. The monoisotopic (exact) mass is 430 g/mol. The van der Waals surface area contributed by atoms with Gasteiger partial charge in [-0.3, -0.25) is 4.79 Å². The molecule has 1 aliphatic heterocycles. The van der Waals surface area contributed by atoms with Crippen molar-refractivity contribution in [1.29, 1.82) is 0 Å². The van der Waals surface area contributed by atoms with Crippen LogP contribution < -0.4 is 10.2 Å². The van der Waals surface area contributed by atoms with Crippen LogP contribution in [0.1, 0.15) is 18.4 Å². The number of amides is 1. The number of nitrogens with one attached hydrogen (secondary N) is 2. The van der Waals surface area contributed by atoms with Gasteiger partial charge >= 0.3 is 0 Å². The number of halogens is 2. The molecule has 1 fully saturated rings. The van der Waals surface area contributed by atoms with E-state index in [0.29, 0.717) is 13.1 Å². The first kappa shape index (κ1) is 18.0. The van der Waals surface area contributed by atoms with E-state index in [0.717, 1.165) is 46.4 Å². The Morgan fingerprint density at radius 1 is 1.33 bits per heavy atom. The number of aromatic amines is 1. The lowest BCUT2D eigenvalue weighted by Crippen LogP contribution is -2.43. The van der Waals surface area contributed by atoms with Gasteiger partial charge in [0.15, 0.2) is 0 Å². The fourth-order valence-electron chi connectivity index (χ4n) is 3.48. The Labute approximate surface area is 165 Å². The minimum absolute atomic E-state index is 0.00261. The number of anilines is 1. The van der Waals surface area contributed by atoms with E-state index >= 15 is 0 Å². The van der Waals surface area contributed by atoms with Crippen molar-refractivity contribution in [2.75, 3.05) is 18.0 Å². The summed E-state index contributed by atoms with van der Waals surface area (Å²) in [7, 11) is 0. The Balaban J connectivity index is 1.41. The summed E-state index contributed by atoms with van der Waals surface area (Å²) < 4.78 is 14.3. The Hall–Kier alpha value is -2.41. The number of carbonyl (C=O) groups excluding carboxylic acids is 1. The maximum absolute atomic E-state index is 13.3. The van der Waals surface area contributed by atoms with Gasteiger partial charge in [0, 0.05) is 24.1 Å². The predicted octanol–water partition coefficient (Wildman–Crippen LogP) is 4.00. The molecule has 4 rings (SSSR count). The third kappa shape index (κ3) is 4.13. The first-order valence-electron chi connectivity index (χ1n) is 9.01. The maximum Gasteiger partial charge on any atom is 0.225 e. The van der Waals surface area contributed by atoms with E-state index in [1.807, 2.05) is 24.3 Å². The average Bonchev–Trinajstić information content (AvgIpc) is 3.09. The molecule has 7 heteroatoms. The second-order valence-corrected chi connectivity index (χ2v) is 7.77. The molecular formula is C20H20BrFN4O. The second kappa shape index (κ2) is 7.68. The molecule has 2 heterocycles. The normalized spacial score (nSPS) is 17.3. The molecule has 0 bridgehead atoms. The molecule has 1 aromatic heterocycles. The lowest BCUT2D eigenvalue weighted by Gasteiger charge is -2.31. The second-order valence-electron chi connectivity index (χ2n) is 6.85. The molecule has 27 heavy (non-hydrogen) atoms. The molecule has 1 saturated heterocycles. The van der Waals surface area contributed by atoms with Gasteiger partial charge in [-0.05, 0) is 48.7 Å². The zero-order chi connectivity index (χ0) is 18.8. The van der Waals surface area contributed by atoms with Crippen LogP contribution in [-0.4, -0.2) is 29.0 Å². The molecule has 140 valence electrons. The Kier molecular flexibility index (Phi) is 5.11. The number of imidazole rings is 1. The molecule has 1 amide bonds. The Morgan fingerprint density at radius 3 is 3.07 bits per heavy atom. The number of hydrogen-bond donors (Lipinski definition) is 2. The first-order chi connectivity index (χ1) is 13.1. The van der Waals surface area contributed by atoms with E-state index in [4.69, 9.17) is 0 Å². The van der Waals surface area contributed by atoms with Crippen LogP contribution in [0, 0.1) is 11.7 Å². The summed E-state index contributed by atoms with van der Waals surface area (Å²) >= 11 is 3.47. The highest BCUT2D eigenvalue weighted by molar-refractivity contribution is 9.10. The molecule has 2 N–H and O–H groups in total. The summed E-state index contributed by atoms with van der Waals surface area (Å²) in [4.78, 5) is 22.7. The number of rotatable bonds is 4. The zero-order valence-electron chi connectivity index (χ0n) is 14.7. The Bertz CT molecular complexity index is 974. The molecular weight excluding hydrogens is 411 g/mol. The first-order valence-corrected chi connectivity index (χ1v) is 9.80. The minimum Gasteiger partial charge on any atom is -0.352 e. The van der Waals surface area contributed by atoms with Crippen molar-refractivity contribution >= 4 is 38.8 Å². The average molecular weight is 431 g/mol. The highest BCUT2D eigenvalue weighted by atomic mass is 79.9. The topological polar surface area (TPSA) is 61.0 Å². The van der Waals surface area contributed by atoms with Crippen molar-refractivity contribution in [3.05, 3.63) is 58.3 Å². The lowest BCUT2D eigenvalue weighted by molar-refractivity contribution is -0.125. The van der Waals surface area contributed by atoms with Crippen LogP contribution in [0.15, 0.2) is 46.9 Å². The van der Waals surface area contributed by atoms with E-state index in [1.54, 1.807) is 6.07 Å². The van der Waals surface area contributed by atoms with Gasteiger partial charge in [0.2, 0.25) is 11.9 Å². The minimum atomic E-state index is -0.290. The highest BCUT2D eigenvalue weighted by Crippen LogP contribution is 2.25. The van der Waals surface area contributed by atoms with Gasteiger partial charge in [-0.1, -0.05) is 28.1 Å². The number of aromatic nitrogens is 2. The van der Waals surface area contributed by atoms with Crippen LogP contribution >= 0.6 is 15.9 Å². The molecule has 2 aromatic carbocycles. The van der Waals surface area contributed by atoms with Crippen LogP contribution in [0.25, 0.3) is 11.0 Å². The summed E-state index contributed by atoms with van der Waals surface area (Å²) in [6.07, 6.45) is 1.77. The third-order valence-electron chi connectivity index (χ3n) is 4.88. The SMILES string of the molecule is O=C(NCc1cccc(F)c1)[C@H]1CCCN(c2nc3ccc(Br)cc3[nH]2)C1. The Morgan fingerprint density at radius 2 is 2.22 bits per heavy atom. The standard InChI is InChI=1S/C20H20BrFN4O/c21-15-6-7-17-18(10-15)25-20(24-17)26-8-2-4-14(12-26)19(27)23-11-13-3-1-5-16(22)9-13/h1,3,5-7,9-10,14H,2,4,8,11-12H2,(H,23,27)(H,24,25)/t14-/m0/s1. The van der Waals surface area contributed by atoms with Crippen molar-refractivity contribution in [1.82, 2.24) is 15.3 Å². The van der Waals surface area contributed by atoms with Gasteiger partial charge in [0.25, 0.3) is 0 Å². The largest absolute Gasteiger partial charge is 0.352 e. The molecule has 3 aromatic rings. The molecule has 0 radical (unpaired) electrons. The van der Waals surface area contributed by atoms with E-state index in [2.05, 4.69) is 36.1 Å². The number of hydrogen-bond acceptors (Lipinski definition) is 3. The summed E-state index contributed by atoms with van der Waals surface area (Å²) in [5.41, 5.74) is 2.64.